The maximum atomic E-state index is 10.0. The number of hydrogen-bond acceptors (Lipinski definition) is 4. The van der Waals surface area contributed by atoms with E-state index in [-0.39, 0.29) is 5.92 Å². The summed E-state index contributed by atoms with van der Waals surface area (Å²) in [5.74, 6) is 0.524. The van der Waals surface area contributed by atoms with Crippen molar-refractivity contribution in [2.45, 2.75) is 64.5 Å². The Morgan fingerprint density at radius 1 is 1.08 bits per heavy atom. The zero-order valence-corrected chi connectivity index (χ0v) is 17.5. The maximum absolute atomic E-state index is 10.0. The number of benzene rings is 1. The van der Waals surface area contributed by atoms with Gasteiger partial charge in [0.05, 0.1) is 23.5 Å². The van der Waals surface area contributed by atoms with E-state index in [4.69, 9.17) is 9.16 Å². The Balaban J connectivity index is 2.58. The molecule has 0 N–H and O–H groups in total. The zero-order valence-electron chi connectivity index (χ0n) is 16.5. The van der Waals surface area contributed by atoms with Crippen LogP contribution in [-0.2, 0) is 9.16 Å². The first-order valence-electron chi connectivity index (χ1n) is 8.96. The van der Waals surface area contributed by atoms with Crippen molar-refractivity contribution in [3.8, 4) is 12.1 Å². The van der Waals surface area contributed by atoms with Gasteiger partial charge in [-0.2, -0.15) is 10.5 Å². The van der Waals surface area contributed by atoms with Gasteiger partial charge in [0.2, 0.25) is 8.32 Å². The van der Waals surface area contributed by atoms with Crippen molar-refractivity contribution in [1.82, 2.24) is 0 Å². The molecule has 0 aromatic heterocycles. The first-order chi connectivity index (χ1) is 12.0. The molecule has 4 nitrogen and oxygen atoms in total. The van der Waals surface area contributed by atoms with Gasteiger partial charge in [0.15, 0.2) is 5.41 Å². The van der Waals surface area contributed by atoms with E-state index >= 15 is 0 Å². The van der Waals surface area contributed by atoms with Gasteiger partial charge in [-0.1, -0.05) is 30.3 Å². The van der Waals surface area contributed by atoms with Crippen LogP contribution in [0.4, 0.5) is 0 Å². The topological polar surface area (TPSA) is 66.0 Å². The molecule has 0 radical (unpaired) electrons. The van der Waals surface area contributed by atoms with Crippen LogP contribution in [0, 0.1) is 28.1 Å². The molecule has 2 atom stereocenters. The van der Waals surface area contributed by atoms with Gasteiger partial charge in [0, 0.05) is 12.3 Å². The molecule has 0 unspecified atom stereocenters. The van der Waals surface area contributed by atoms with Crippen LogP contribution in [0.1, 0.15) is 38.7 Å². The van der Waals surface area contributed by atoms with Crippen molar-refractivity contribution in [1.29, 1.82) is 10.5 Å². The lowest BCUT2D eigenvalue weighted by atomic mass is 9.65. The predicted molar refractivity (Wildman–Crippen MR) is 105 cm³/mol. The normalized spacial score (nSPS) is 22.7. The molecule has 1 aliphatic carbocycles. The fourth-order valence-corrected chi connectivity index (χ4v) is 4.22. The lowest BCUT2D eigenvalue weighted by Crippen LogP contribution is -2.46. The molecule has 1 aromatic rings. The molecule has 1 aromatic carbocycles. The second-order valence-electron chi connectivity index (χ2n) is 8.76. The van der Waals surface area contributed by atoms with Crippen LogP contribution in [-0.4, -0.2) is 20.0 Å². The van der Waals surface area contributed by atoms with Gasteiger partial charge in [0.1, 0.15) is 6.10 Å². The molecule has 0 heterocycles. The molecule has 138 valence electrons. The largest absolute Gasteiger partial charge is 0.547 e. The van der Waals surface area contributed by atoms with Crippen LogP contribution in [0.5, 0.6) is 0 Å². The van der Waals surface area contributed by atoms with Gasteiger partial charge in [-0.25, -0.2) is 0 Å². The minimum absolute atomic E-state index is 0.303. The summed E-state index contributed by atoms with van der Waals surface area (Å²) in [7, 11) is -1.82. The van der Waals surface area contributed by atoms with E-state index < -0.39 is 25.4 Å². The number of nitriles is 2. The van der Waals surface area contributed by atoms with E-state index in [1.165, 1.54) is 0 Å². The summed E-state index contributed by atoms with van der Waals surface area (Å²) in [6.45, 7) is 12.2. The molecule has 5 heteroatoms. The summed E-state index contributed by atoms with van der Waals surface area (Å²) >= 11 is 0. The second kappa shape index (κ2) is 7.27. The van der Waals surface area contributed by atoms with E-state index in [0.717, 1.165) is 11.3 Å². The van der Waals surface area contributed by atoms with Crippen LogP contribution in [0.3, 0.4) is 0 Å². The Hall–Kier alpha value is -2.08. The van der Waals surface area contributed by atoms with E-state index in [1.807, 2.05) is 57.2 Å². The molecule has 0 bridgehead atoms. The fraction of sp³-hybridized carbons (Fsp3) is 0.524. The summed E-state index contributed by atoms with van der Waals surface area (Å²) in [4.78, 5) is 0. The molecular weight excluding hydrogens is 340 g/mol. The highest BCUT2D eigenvalue weighted by Crippen LogP contribution is 2.49. The minimum Gasteiger partial charge on any atom is -0.547 e. The molecule has 1 aliphatic rings. The monoisotopic (exact) mass is 368 g/mol. The molecular formula is C21H28N2O2Si. The Morgan fingerprint density at radius 2 is 1.65 bits per heavy atom. The average molecular weight is 369 g/mol. The second-order valence-corrected chi connectivity index (χ2v) is 13.2. The molecule has 0 spiro atoms. The van der Waals surface area contributed by atoms with Crippen molar-refractivity contribution in [2.75, 3.05) is 0 Å². The van der Waals surface area contributed by atoms with E-state index in [1.54, 1.807) is 0 Å². The summed E-state index contributed by atoms with van der Waals surface area (Å²) in [6.07, 6.45) is 1.73. The van der Waals surface area contributed by atoms with Gasteiger partial charge >= 0.3 is 0 Å². The molecule has 0 saturated heterocycles. The Morgan fingerprint density at radius 3 is 2.12 bits per heavy atom. The molecule has 2 rings (SSSR count). The van der Waals surface area contributed by atoms with Crippen molar-refractivity contribution in [2.24, 2.45) is 5.41 Å². The number of ether oxygens (including phenoxy) is 1. The van der Waals surface area contributed by atoms with Gasteiger partial charge in [-0.3, -0.25) is 0 Å². The molecule has 26 heavy (non-hydrogen) atoms. The van der Waals surface area contributed by atoms with Crippen LogP contribution in [0.2, 0.25) is 19.6 Å². The van der Waals surface area contributed by atoms with E-state index in [0.29, 0.717) is 6.42 Å². The summed E-state index contributed by atoms with van der Waals surface area (Å²) in [6, 6.07) is 14.3. The van der Waals surface area contributed by atoms with Crippen LogP contribution < -0.4 is 0 Å². The van der Waals surface area contributed by atoms with Crippen molar-refractivity contribution >= 4 is 8.32 Å². The zero-order chi connectivity index (χ0) is 19.6. The van der Waals surface area contributed by atoms with Crippen LogP contribution in [0.15, 0.2) is 42.2 Å². The maximum Gasteiger partial charge on any atom is 0.241 e. The van der Waals surface area contributed by atoms with Crippen LogP contribution in [0.25, 0.3) is 0 Å². The number of hydrogen-bond donors (Lipinski definition) is 0. The highest BCUT2D eigenvalue weighted by atomic mass is 28.4. The highest BCUT2D eigenvalue weighted by molar-refractivity contribution is 6.70. The Bertz CT molecular complexity index is 731. The summed E-state index contributed by atoms with van der Waals surface area (Å²) in [5, 5.41) is 20.1. The van der Waals surface area contributed by atoms with Crippen LogP contribution >= 0.6 is 0 Å². The fourth-order valence-electron chi connectivity index (χ4n) is 3.28. The van der Waals surface area contributed by atoms with Crippen molar-refractivity contribution in [3.05, 3.63) is 47.7 Å². The standard InChI is InChI=1S/C21H28N2O2Si/c1-20(2,3)24-19-13-17(25-26(4,5)6)12-18(21(19,14-22)15-23)16-10-8-7-9-11-16/h7-11,13,18-19H,12H2,1-6H3/t18-,19-/m1/s1. The van der Waals surface area contributed by atoms with Gasteiger partial charge < -0.3 is 9.16 Å². The SMILES string of the molecule is CC(C)(C)O[C@@H]1C=C(O[Si](C)(C)C)C[C@H](c2ccccc2)C1(C#N)C#N. The Labute approximate surface area is 158 Å². The highest BCUT2D eigenvalue weighted by Gasteiger charge is 2.52. The third-order valence-electron chi connectivity index (χ3n) is 4.23. The minimum atomic E-state index is -1.82. The van der Waals surface area contributed by atoms with Gasteiger partial charge in [-0.05, 0) is 52.1 Å². The lowest BCUT2D eigenvalue weighted by Gasteiger charge is -2.42. The van der Waals surface area contributed by atoms with E-state index in [2.05, 4.69) is 31.8 Å². The smallest absolute Gasteiger partial charge is 0.241 e. The van der Waals surface area contributed by atoms with Crippen molar-refractivity contribution < 1.29 is 9.16 Å². The lowest BCUT2D eigenvalue weighted by molar-refractivity contribution is -0.0775. The molecule has 0 amide bonds. The predicted octanol–water partition coefficient (Wildman–Crippen LogP) is 5.13. The van der Waals surface area contributed by atoms with Gasteiger partial charge in [-0.15, -0.1) is 0 Å². The molecule has 0 fully saturated rings. The first-order valence-corrected chi connectivity index (χ1v) is 12.4. The van der Waals surface area contributed by atoms with Crippen molar-refractivity contribution in [3.63, 3.8) is 0 Å². The number of nitrogens with zero attached hydrogens (tertiary/aromatic N) is 2. The van der Waals surface area contributed by atoms with Gasteiger partial charge in [0.25, 0.3) is 0 Å². The first kappa shape index (κ1) is 20.2. The molecule has 0 aliphatic heterocycles. The summed E-state index contributed by atoms with van der Waals surface area (Å²) < 4.78 is 12.4. The molecule has 0 saturated carbocycles. The van der Waals surface area contributed by atoms with E-state index in [9.17, 15) is 10.5 Å². The Kier molecular flexibility index (Phi) is 5.66. The quantitative estimate of drug-likeness (QED) is 0.691. The summed E-state index contributed by atoms with van der Waals surface area (Å²) in [5.41, 5.74) is -0.813. The average Bonchev–Trinajstić information content (AvgIpc) is 2.53. The number of rotatable bonds is 4. The third kappa shape index (κ3) is 4.55. The number of allylic oxidation sites excluding steroid dienone is 1. The third-order valence-corrected chi connectivity index (χ3v) is 5.11.